The fourth-order valence-electron chi connectivity index (χ4n) is 3.19. The molecule has 0 spiro atoms. The second-order valence-electron chi connectivity index (χ2n) is 7.15. The molecular weight excluding hydrogens is 450 g/mol. The van der Waals surface area contributed by atoms with E-state index in [0.29, 0.717) is 29.2 Å². The van der Waals surface area contributed by atoms with Crippen molar-refractivity contribution in [3.63, 3.8) is 0 Å². The summed E-state index contributed by atoms with van der Waals surface area (Å²) < 4.78 is 32.0. The zero-order valence-electron chi connectivity index (χ0n) is 17.3. The van der Waals surface area contributed by atoms with E-state index >= 15 is 0 Å². The summed E-state index contributed by atoms with van der Waals surface area (Å²) in [6, 6.07) is 9.80. The molecule has 0 unspecified atom stereocenters. The summed E-state index contributed by atoms with van der Waals surface area (Å²) in [6.07, 6.45) is 6.47. The number of anilines is 1. The minimum atomic E-state index is -3.52. The summed E-state index contributed by atoms with van der Waals surface area (Å²) in [5.41, 5.74) is 0.967. The molecule has 0 aliphatic carbocycles. The Morgan fingerprint density at radius 3 is 2.47 bits per heavy atom. The highest BCUT2D eigenvalue weighted by atomic mass is 32.2. The van der Waals surface area contributed by atoms with Gasteiger partial charge in [-0.2, -0.15) is 9.57 Å². The molecule has 1 aromatic heterocycles. The number of carbonyl (C=O) groups is 2. The van der Waals surface area contributed by atoms with Gasteiger partial charge in [0.25, 0.3) is 5.91 Å². The molecule has 1 amide bonds. The van der Waals surface area contributed by atoms with Gasteiger partial charge in [0.2, 0.25) is 10.0 Å². The summed E-state index contributed by atoms with van der Waals surface area (Å²) in [6.45, 7) is 0.584. The molecular formula is C22H23N3O5S2. The smallest absolute Gasteiger partial charge is 0.331 e. The molecule has 0 bridgehead atoms. The van der Waals surface area contributed by atoms with E-state index in [0.717, 1.165) is 31.8 Å². The summed E-state index contributed by atoms with van der Waals surface area (Å²) >= 11 is 1.20. The summed E-state index contributed by atoms with van der Waals surface area (Å²) in [4.78, 5) is 24.0. The van der Waals surface area contributed by atoms with E-state index in [1.54, 1.807) is 23.6 Å². The van der Waals surface area contributed by atoms with E-state index in [1.807, 2.05) is 6.07 Å². The number of rotatable bonds is 7. The van der Waals surface area contributed by atoms with Crippen LogP contribution in [0.3, 0.4) is 0 Å². The molecule has 1 aromatic carbocycles. The molecule has 0 radical (unpaired) electrons. The van der Waals surface area contributed by atoms with Crippen LogP contribution in [0.2, 0.25) is 0 Å². The second-order valence-corrected chi connectivity index (χ2v) is 10.0. The lowest BCUT2D eigenvalue weighted by Gasteiger charge is -2.19. The molecule has 0 atom stereocenters. The van der Waals surface area contributed by atoms with Crippen LogP contribution in [0.1, 0.15) is 36.8 Å². The van der Waals surface area contributed by atoms with E-state index in [1.165, 1.54) is 33.9 Å². The number of esters is 1. The molecule has 1 aliphatic heterocycles. The Balaban J connectivity index is 1.52. The molecule has 0 saturated carbocycles. The van der Waals surface area contributed by atoms with Gasteiger partial charge in [-0.1, -0.05) is 25.0 Å². The largest absolute Gasteiger partial charge is 0.452 e. The Morgan fingerprint density at radius 1 is 1.12 bits per heavy atom. The van der Waals surface area contributed by atoms with Gasteiger partial charge in [0.05, 0.1) is 10.5 Å². The Labute approximate surface area is 191 Å². The highest BCUT2D eigenvalue weighted by molar-refractivity contribution is 7.89. The van der Waals surface area contributed by atoms with Gasteiger partial charge in [0, 0.05) is 19.2 Å². The molecule has 1 fully saturated rings. The predicted octanol–water partition coefficient (Wildman–Crippen LogP) is 3.38. The molecule has 32 heavy (non-hydrogen) atoms. The number of sulfonamides is 1. The summed E-state index contributed by atoms with van der Waals surface area (Å²) in [5.74, 6) is -1.26. The van der Waals surface area contributed by atoms with Crippen LogP contribution < -0.4 is 5.32 Å². The zero-order chi connectivity index (χ0) is 23.0. The molecule has 2 aromatic rings. The summed E-state index contributed by atoms with van der Waals surface area (Å²) in [5, 5.41) is 13.5. The molecule has 3 rings (SSSR count). The molecule has 1 saturated heterocycles. The van der Waals surface area contributed by atoms with Crippen LogP contribution in [0.15, 0.2) is 46.7 Å². The molecule has 10 heteroatoms. The fourth-order valence-corrected chi connectivity index (χ4v) is 5.46. The van der Waals surface area contributed by atoms with Crippen LogP contribution in [0.25, 0.3) is 6.08 Å². The third-order valence-electron chi connectivity index (χ3n) is 4.88. The van der Waals surface area contributed by atoms with Crippen LogP contribution in [0, 0.1) is 11.3 Å². The normalized spacial score (nSPS) is 15.1. The van der Waals surface area contributed by atoms with E-state index in [9.17, 15) is 18.0 Å². The molecule has 168 valence electrons. The first-order chi connectivity index (χ1) is 15.4. The van der Waals surface area contributed by atoms with Gasteiger partial charge in [0.1, 0.15) is 11.1 Å². The Hall–Kier alpha value is -3.00. The van der Waals surface area contributed by atoms with Crippen LogP contribution in [0.4, 0.5) is 5.00 Å². The molecule has 8 nitrogen and oxygen atoms in total. The average molecular weight is 474 g/mol. The van der Waals surface area contributed by atoms with Crippen molar-refractivity contribution >= 4 is 44.3 Å². The first-order valence-electron chi connectivity index (χ1n) is 10.1. The number of nitrogens with zero attached hydrogens (tertiary/aromatic N) is 2. The topological polar surface area (TPSA) is 117 Å². The third kappa shape index (κ3) is 6.26. The van der Waals surface area contributed by atoms with Gasteiger partial charge in [-0.05, 0) is 48.1 Å². The Morgan fingerprint density at radius 2 is 1.81 bits per heavy atom. The highest BCUT2D eigenvalue weighted by Gasteiger charge is 2.24. The monoisotopic (exact) mass is 473 g/mol. The number of amides is 1. The maximum atomic E-state index is 12.8. The Bertz CT molecular complexity index is 1120. The average Bonchev–Trinajstić information content (AvgIpc) is 3.05. The van der Waals surface area contributed by atoms with Crippen molar-refractivity contribution in [2.24, 2.45) is 0 Å². The van der Waals surface area contributed by atoms with Gasteiger partial charge < -0.3 is 10.1 Å². The Kier molecular flexibility index (Phi) is 8.16. The van der Waals surface area contributed by atoms with E-state index in [2.05, 4.69) is 5.32 Å². The van der Waals surface area contributed by atoms with Crippen molar-refractivity contribution in [3.8, 4) is 6.07 Å². The number of hydrogen-bond donors (Lipinski definition) is 1. The second kappa shape index (κ2) is 11.0. The highest BCUT2D eigenvalue weighted by Crippen LogP contribution is 2.22. The number of benzene rings is 1. The number of hydrogen-bond acceptors (Lipinski definition) is 7. The predicted molar refractivity (Wildman–Crippen MR) is 121 cm³/mol. The first kappa shape index (κ1) is 23.7. The van der Waals surface area contributed by atoms with E-state index in [-0.39, 0.29) is 4.90 Å². The van der Waals surface area contributed by atoms with Crippen molar-refractivity contribution in [1.82, 2.24) is 4.31 Å². The van der Waals surface area contributed by atoms with Gasteiger partial charge in [-0.25, -0.2) is 13.2 Å². The summed E-state index contributed by atoms with van der Waals surface area (Å²) in [7, 11) is -3.52. The van der Waals surface area contributed by atoms with Crippen LogP contribution in [0.5, 0.6) is 0 Å². The fraction of sp³-hybridized carbons (Fsp3) is 0.318. The quantitative estimate of drug-likeness (QED) is 0.487. The van der Waals surface area contributed by atoms with Crippen molar-refractivity contribution in [2.75, 3.05) is 25.0 Å². The number of nitrogens with one attached hydrogen (secondary N) is 1. The van der Waals surface area contributed by atoms with Crippen LogP contribution >= 0.6 is 11.3 Å². The van der Waals surface area contributed by atoms with Crippen LogP contribution in [-0.2, 0) is 24.3 Å². The minimum Gasteiger partial charge on any atom is -0.452 e. The number of thiophene rings is 1. The minimum absolute atomic E-state index is 0.223. The van der Waals surface area contributed by atoms with Crippen molar-refractivity contribution < 1.29 is 22.7 Å². The van der Waals surface area contributed by atoms with E-state index < -0.39 is 28.5 Å². The van der Waals surface area contributed by atoms with Crippen molar-refractivity contribution in [3.05, 3.63) is 52.9 Å². The standard InChI is InChI=1S/C22H23N3O5S2/c23-15-18-11-14-31-22(18)24-20(26)16-30-21(27)10-7-17-5-8-19(9-6-17)32(28,29)25-12-3-1-2-4-13-25/h5-11,14H,1-4,12-13,16H2,(H,24,26)/b10-7+. The van der Waals surface area contributed by atoms with Crippen molar-refractivity contribution in [2.45, 2.75) is 30.6 Å². The number of ether oxygens (including phenoxy) is 1. The lowest BCUT2D eigenvalue weighted by atomic mass is 10.2. The molecule has 1 aliphatic rings. The SMILES string of the molecule is N#Cc1ccsc1NC(=O)COC(=O)/C=C/c1ccc(S(=O)(=O)N2CCCCCC2)cc1. The maximum Gasteiger partial charge on any atom is 0.331 e. The third-order valence-corrected chi connectivity index (χ3v) is 7.62. The van der Waals surface area contributed by atoms with Crippen molar-refractivity contribution in [1.29, 1.82) is 5.26 Å². The van der Waals surface area contributed by atoms with Crippen LogP contribution in [-0.4, -0.2) is 44.3 Å². The lowest BCUT2D eigenvalue weighted by molar-refractivity contribution is -0.142. The molecule has 2 heterocycles. The van der Waals surface area contributed by atoms with Gasteiger partial charge >= 0.3 is 5.97 Å². The molecule has 1 N–H and O–H groups in total. The van der Waals surface area contributed by atoms with E-state index in [4.69, 9.17) is 10.00 Å². The lowest BCUT2D eigenvalue weighted by Crippen LogP contribution is -2.31. The number of carbonyl (C=O) groups excluding carboxylic acids is 2. The van der Waals surface area contributed by atoms with Gasteiger partial charge in [0.15, 0.2) is 6.61 Å². The first-order valence-corrected chi connectivity index (χ1v) is 12.4. The number of nitriles is 1. The van der Waals surface area contributed by atoms with Gasteiger partial charge in [-0.15, -0.1) is 11.3 Å². The zero-order valence-corrected chi connectivity index (χ0v) is 19.0. The van der Waals surface area contributed by atoms with Gasteiger partial charge in [-0.3, -0.25) is 4.79 Å². The maximum absolute atomic E-state index is 12.8.